The molecule has 1 aromatic heterocycles. The molecule has 1 atom stereocenters. The molecule has 2 nitrogen and oxygen atoms in total. The molecule has 3 rings (SSSR count). The highest BCUT2D eigenvalue weighted by molar-refractivity contribution is 7.14. The summed E-state index contributed by atoms with van der Waals surface area (Å²) < 4.78 is 0. The fraction of sp³-hybridized carbons (Fsp3) is 0.667. The molecule has 0 saturated carbocycles. The van der Waals surface area contributed by atoms with Crippen LogP contribution in [0.2, 0.25) is 0 Å². The maximum Gasteiger partial charge on any atom is 0.0920 e. The van der Waals surface area contributed by atoms with Crippen LogP contribution in [0.3, 0.4) is 0 Å². The summed E-state index contributed by atoms with van der Waals surface area (Å²) in [7, 11) is 0. The van der Waals surface area contributed by atoms with Gasteiger partial charge in [-0.3, -0.25) is 4.90 Å². The summed E-state index contributed by atoms with van der Waals surface area (Å²) >= 11 is 1.85. The lowest BCUT2D eigenvalue weighted by Gasteiger charge is -2.27. The second kappa shape index (κ2) is 3.22. The van der Waals surface area contributed by atoms with Gasteiger partial charge in [0.1, 0.15) is 0 Å². The SMILES string of the molecule is CC(C)N1CCC2(Cc3ccsc3N2)C1. The number of fused-ring (bicyclic) bond motifs is 1. The number of nitrogens with zero attached hydrogens (tertiary/aromatic N) is 1. The molecule has 2 aliphatic rings. The first kappa shape index (κ1) is 9.67. The highest BCUT2D eigenvalue weighted by Crippen LogP contribution is 2.41. The average molecular weight is 222 g/mol. The van der Waals surface area contributed by atoms with E-state index < -0.39 is 0 Å². The zero-order valence-electron chi connectivity index (χ0n) is 9.42. The molecule has 82 valence electrons. The van der Waals surface area contributed by atoms with Crippen LogP contribution in [0.15, 0.2) is 11.4 Å². The van der Waals surface area contributed by atoms with Crippen LogP contribution < -0.4 is 5.32 Å². The maximum absolute atomic E-state index is 3.75. The Kier molecular flexibility index (Phi) is 2.08. The molecule has 1 fully saturated rings. The second-order valence-corrected chi connectivity index (χ2v) is 6.09. The van der Waals surface area contributed by atoms with Gasteiger partial charge < -0.3 is 5.32 Å². The van der Waals surface area contributed by atoms with Gasteiger partial charge in [-0.1, -0.05) is 0 Å². The standard InChI is InChI=1S/C12H18N2S/c1-9(2)14-5-4-12(8-14)7-10-3-6-15-11(10)13-12/h3,6,9,13H,4-5,7-8H2,1-2H3. The van der Waals surface area contributed by atoms with E-state index in [-0.39, 0.29) is 0 Å². The quantitative estimate of drug-likeness (QED) is 0.785. The van der Waals surface area contributed by atoms with Crippen molar-refractivity contribution in [2.75, 3.05) is 18.4 Å². The predicted octanol–water partition coefficient (Wildman–Crippen LogP) is 2.57. The predicted molar refractivity (Wildman–Crippen MR) is 65.7 cm³/mol. The van der Waals surface area contributed by atoms with Crippen molar-refractivity contribution in [3.63, 3.8) is 0 Å². The smallest absolute Gasteiger partial charge is 0.0920 e. The Labute approximate surface area is 95.3 Å². The van der Waals surface area contributed by atoms with E-state index in [1.807, 2.05) is 11.3 Å². The first-order valence-corrected chi connectivity index (χ1v) is 6.65. The van der Waals surface area contributed by atoms with Crippen LogP contribution >= 0.6 is 11.3 Å². The van der Waals surface area contributed by atoms with Crippen LogP contribution in [-0.4, -0.2) is 29.6 Å². The molecule has 2 aliphatic heterocycles. The molecule has 1 aromatic rings. The summed E-state index contributed by atoms with van der Waals surface area (Å²) in [5, 5.41) is 7.36. The zero-order chi connectivity index (χ0) is 10.5. The molecule has 0 bridgehead atoms. The van der Waals surface area contributed by atoms with Gasteiger partial charge in [-0.05, 0) is 43.7 Å². The van der Waals surface area contributed by atoms with E-state index in [1.165, 1.54) is 36.5 Å². The fourth-order valence-electron chi connectivity index (χ4n) is 2.83. The molecule has 15 heavy (non-hydrogen) atoms. The lowest BCUT2D eigenvalue weighted by atomic mass is 9.95. The Morgan fingerprint density at radius 3 is 3.07 bits per heavy atom. The molecule has 0 aromatic carbocycles. The van der Waals surface area contributed by atoms with Crippen molar-refractivity contribution in [3.05, 3.63) is 17.0 Å². The van der Waals surface area contributed by atoms with Gasteiger partial charge in [0.05, 0.1) is 10.5 Å². The molecular formula is C12H18N2S. The number of hydrogen-bond acceptors (Lipinski definition) is 3. The Morgan fingerprint density at radius 2 is 2.40 bits per heavy atom. The van der Waals surface area contributed by atoms with Crippen molar-refractivity contribution in [2.24, 2.45) is 0 Å². The van der Waals surface area contributed by atoms with Crippen molar-refractivity contribution < 1.29 is 0 Å². The van der Waals surface area contributed by atoms with Crippen LogP contribution in [0.4, 0.5) is 5.00 Å². The number of likely N-dealkylation sites (tertiary alicyclic amines) is 1. The second-order valence-electron chi connectivity index (χ2n) is 5.17. The molecule has 1 spiro atoms. The number of nitrogens with one attached hydrogen (secondary N) is 1. The Balaban J connectivity index is 1.78. The molecule has 3 heterocycles. The van der Waals surface area contributed by atoms with Crippen LogP contribution in [0.5, 0.6) is 0 Å². The summed E-state index contributed by atoms with van der Waals surface area (Å²) in [5.41, 5.74) is 1.90. The molecule has 1 saturated heterocycles. The molecule has 3 heteroatoms. The van der Waals surface area contributed by atoms with E-state index in [2.05, 4.69) is 35.5 Å². The van der Waals surface area contributed by atoms with Gasteiger partial charge in [0.15, 0.2) is 0 Å². The third-order valence-corrected chi connectivity index (χ3v) is 4.64. The summed E-state index contributed by atoms with van der Waals surface area (Å²) in [6.07, 6.45) is 2.53. The van der Waals surface area contributed by atoms with E-state index in [9.17, 15) is 0 Å². The van der Waals surface area contributed by atoms with Crippen LogP contribution in [0, 0.1) is 0 Å². The van der Waals surface area contributed by atoms with E-state index in [1.54, 1.807) is 0 Å². The van der Waals surface area contributed by atoms with Gasteiger partial charge in [-0.15, -0.1) is 11.3 Å². The zero-order valence-corrected chi connectivity index (χ0v) is 10.2. The Bertz CT molecular complexity index is 349. The van der Waals surface area contributed by atoms with Crippen molar-refractivity contribution in [3.8, 4) is 0 Å². The van der Waals surface area contributed by atoms with Crippen molar-refractivity contribution in [1.29, 1.82) is 0 Å². The van der Waals surface area contributed by atoms with Gasteiger partial charge >= 0.3 is 0 Å². The van der Waals surface area contributed by atoms with E-state index >= 15 is 0 Å². The van der Waals surface area contributed by atoms with Crippen LogP contribution in [-0.2, 0) is 6.42 Å². The van der Waals surface area contributed by atoms with Gasteiger partial charge in [-0.25, -0.2) is 0 Å². The summed E-state index contributed by atoms with van der Waals surface area (Å²) in [4.78, 5) is 2.59. The molecule has 0 amide bonds. The van der Waals surface area contributed by atoms with Crippen molar-refractivity contribution in [1.82, 2.24) is 4.90 Å². The Hall–Kier alpha value is -0.540. The van der Waals surface area contributed by atoms with E-state index in [0.717, 1.165) is 0 Å². The minimum atomic E-state index is 0.368. The first-order chi connectivity index (χ1) is 7.19. The number of thiophene rings is 1. The van der Waals surface area contributed by atoms with Gasteiger partial charge in [-0.2, -0.15) is 0 Å². The summed E-state index contributed by atoms with van der Waals surface area (Å²) in [6.45, 7) is 7.05. The lowest BCUT2D eigenvalue weighted by molar-refractivity contribution is 0.262. The third-order valence-electron chi connectivity index (χ3n) is 3.77. The van der Waals surface area contributed by atoms with E-state index in [0.29, 0.717) is 11.6 Å². The number of rotatable bonds is 1. The van der Waals surface area contributed by atoms with Gasteiger partial charge in [0.25, 0.3) is 0 Å². The van der Waals surface area contributed by atoms with Crippen LogP contribution in [0.1, 0.15) is 25.8 Å². The molecule has 1 unspecified atom stereocenters. The van der Waals surface area contributed by atoms with Crippen LogP contribution in [0.25, 0.3) is 0 Å². The monoisotopic (exact) mass is 222 g/mol. The molecule has 0 aliphatic carbocycles. The van der Waals surface area contributed by atoms with Gasteiger partial charge in [0.2, 0.25) is 0 Å². The fourth-order valence-corrected chi connectivity index (χ4v) is 3.76. The average Bonchev–Trinajstić information content (AvgIpc) is 2.80. The third kappa shape index (κ3) is 1.49. The number of anilines is 1. The lowest BCUT2D eigenvalue weighted by Crippen LogP contribution is -2.41. The topological polar surface area (TPSA) is 15.3 Å². The van der Waals surface area contributed by atoms with Gasteiger partial charge in [0, 0.05) is 19.1 Å². The molecule has 1 N–H and O–H groups in total. The Morgan fingerprint density at radius 1 is 1.53 bits per heavy atom. The highest BCUT2D eigenvalue weighted by Gasteiger charge is 2.43. The minimum Gasteiger partial charge on any atom is -0.370 e. The largest absolute Gasteiger partial charge is 0.370 e. The van der Waals surface area contributed by atoms with Crippen molar-refractivity contribution >= 4 is 16.3 Å². The highest BCUT2D eigenvalue weighted by atomic mass is 32.1. The molecule has 0 radical (unpaired) electrons. The first-order valence-electron chi connectivity index (χ1n) is 5.77. The molecular weight excluding hydrogens is 204 g/mol. The number of hydrogen-bond donors (Lipinski definition) is 1. The summed E-state index contributed by atoms with van der Waals surface area (Å²) in [5.74, 6) is 0. The summed E-state index contributed by atoms with van der Waals surface area (Å²) in [6, 6.07) is 2.96. The maximum atomic E-state index is 3.75. The van der Waals surface area contributed by atoms with Crippen molar-refractivity contribution in [2.45, 2.75) is 38.3 Å². The van der Waals surface area contributed by atoms with E-state index in [4.69, 9.17) is 0 Å². The normalized spacial score (nSPS) is 30.1. The minimum absolute atomic E-state index is 0.368.